The molecule has 1 N–H and O–H groups in total. The number of nitrogens with one attached hydrogen (secondary N) is 1. The Kier molecular flexibility index (Phi) is 6.48. The van der Waals surface area contributed by atoms with Crippen molar-refractivity contribution in [2.45, 2.75) is 32.9 Å². The van der Waals surface area contributed by atoms with E-state index in [0.717, 1.165) is 64.1 Å². The molecule has 1 aromatic heterocycles. The van der Waals surface area contributed by atoms with E-state index >= 15 is 0 Å². The van der Waals surface area contributed by atoms with Crippen LogP contribution in [0.3, 0.4) is 0 Å². The van der Waals surface area contributed by atoms with Crippen LogP contribution in [-0.2, 0) is 16.0 Å². The van der Waals surface area contributed by atoms with Crippen LogP contribution in [0.25, 0.3) is 0 Å². The second-order valence-corrected chi connectivity index (χ2v) is 5.59. The van der Waals surface area contributed by atoms with Gasteiger partial charge in [-0.05, 0) is 27.3 Å². The lowest BCUT2D eigenvalue weighted by atomic mass is 10.3. The minimum absolute atomic E-state index is 0.237. The van der Waals surface area contributed by atoms with Crippen molar-refractivity contribution in [2.75, 3.05) is 51.8 Å². The van der Waals surface area contributed by atoms with Crippen molar-refractivity contribution in [2.24, 2.45) is 0 Å². The van der Waals surface area contributed by atoms with Gasteiger partial charge in [-0.2, -0.15) is 0 Å². The quantitative estimate of drug-likeness (QED) is 0.734. The minimum Gasteiger partial charge on any atom is -0.382 e. The molecule has 6 heteroatoms. The van der Waals surface area contributed by atoms with Crippen LogP contribution in [-0.4, -0.2) is 67.1 Å². The van der Waals surface area contributed by atoms with E-state index in [9.17, 15) is 0 Å². The van der Waals surface area contributed by atoms with E-state index in [4.69, 9.17) is 9.47 Å². The van der Waals surface area contributed by atoms with E-state index in [1.54, 1.807) is 0 Å². The second-order valence-electron chi connectivity index (χ2n) is 5.59. The third-order valence-corrected chi connectivity index (χ3v) is 3.59. The standard InChI is InChI=1S/C15H28N4O2/c1-4-20-8-5-6-16-15-17-13(2)10-19(15)12-14-11-18(3)7-9-21-14/h10,14H,4-9,11-12H2,1-3H3,(H,16,17). The lowest BCUT2D eigenvalue weighted by Crippen LogP contribution is -2.42. The zero-order chi connectivity index (χ0) is 15.1. The number of morpholine rings is 1. The van der Waals surface area contributed by atoms with Crippen LogP contribution >= 0.6 is 0 Å². The van der Waals surface area contributed by atoms with Gasteiger partial charge in [0.05, 0.1) is 24.9 Å². The third kappa shape index (κ3) is 5.30. The van der Waals surface area contributed by atoms with Gasteiger partial charge < -0.3 is 24.3 Å². The van der Waals surface area contributed by atoms with Gasteiger partial charge in [0.1, 0.15) is 0 Å². The van der Waals surface area contributed by atoms with E-state index in [2.05, 4.69) is 33.0 Å². The van der Waals surface area contributed by atoms with Crippen LogP contribution in [0.15, 0.2) is 6.20 Å². The molecule has 0 bridgehead atoms. The highest BCUT2D eigenvalue weighted by Gasteiger charge is 2.19. The number of likely N-dealkylation sites (N-methyl/N-ethyl adjacent to an activating group) is 1. The van der Waals surface area contributed by atoms with Crippen molar-refractivity contribution < 1.29 is 9.47 Å². The van der Waals surface area contributed by atoms with Gasteiger partial charge in [0.2, 0.25) is 5.95 Å². The highest BCUT2D eigenvalue weighted by atomic mass is 16.5. The Hall–Kier alpha value is -1.11. The molecule has 1 aromatic rings. The Balaban J connectivity index is 1.84. The van der Waals surface area contributed by atoms with Gasteiger partial charge in [0.15, 0.2) is 0 Å². The molecule has 0 amide bonds. The van der Waals surface area contributed by atoms with Crippen LogP contribution in [0.5, 0.6) is 0 Å². The number of imidazole rings is 1. The lowest BCUT2D eigenvalue weighted by Gasteiger charge is -2.30. The fourth-order valence-electron chi connectivity index (χ4n) is 2.54. The number of ether oxygens (including phenoxy) is 2. The normalized spacial score (nSPS) is 19.9. The van der Waals surface area contributed by atoms with Crippen molar-refractivity contribution >= 4 is 5.95 Å². The van der Waals surface area contributed by atoms with Gasteiger partial charge in [0.25, 0.3) is 0 Å². The summed E-state index contributed by atoms with van der Waals surface area (Å²) in [7, 11) is 2.14. The fourth-order valence-corrected chi connectivity index (χ4v) is 2.54. The summed E-state index contributed by atoms with van der Waals surface area (Å²) in [6, 6.07) is 0. The molecule has 1 aliphatic rings. The predicted molar refractivity (Wildman–Crippen MR) is 83.8 cm³/mol. The van der Waals surface area contributed by atoms with E-state index < -0.39 is 0 Å². The van der Waals surface area contributed by atoms with Crippen molar-refractivity contribution in [3.05, 3.63) is 11.9 Å². The summed E-state index contributed by atoms with van der Waals surface area (Å²) in [4.78, 5) is 6.87. The number of hydrogen-bond donors (Lipinski definition) is 1. The third-order valence-electron chi connectivity index (χ3n) is 3.59. The monoisotopic (exact) mass is 296 g/mol. The molecule has 6 nitrogen and oxygen atoms in total. The molecule has 2 rings (SSSR count). The molecule has 21 heavy (non-hydrogen) atoms. The number of rotatable bonds is 8. The summed E-state index contributed by atoms with van der Waals surface area (Å²) < 4.78 is 13.4. The Morgan fingerprint density at radius 1 is 1.52 bits per heavy atom. The maximum absolute atomic E-state index is 5.84. The molecule has 1 aliphatic heterocycles. The number of aryl methyl sites for hydroxylation is 1. The Morgan fingerprint density at radius 2 is 2.38 bits per heavy atom. The van der Waals surface area contributed by atoms with Gasteiger partial charge >= 0.3 is 0 Å². The van der Waals surface area contributed by atoms with E-state index in [0.29, 0.717) is 0 Å². The Morgan fingerprint density at radius 3 is 3.14 bits per heavy atom. The SMILES string of the molecule is CCOCCCNc1nc(C)cn1CC1CN(C)CCO1. The summed E-state index contributed by atoms with van der Waals surface area (Å²) in [5.41, 5.74) is 1.03. The first-order valence-corrected chi connectivity index (χ1v) is 7.84. The zero-order valence-electron chi connectivity index (χ0n) is 13.5. The van der Waals surface area contributed by atoms with Gasteiger partial charge in [-0.1, -0.05) is 0 Å². The van der Waals surface area contributed by atoms with E-state index in [1.165, 1.54) is 0 Å². The number of anilines is 1. The highest BCUT2D eigenvalue weighted by Crippen LogP contribution is 2.13. The molecular weight excluding hydrogens is 268 g/mol. The summed E-state index contributed by atoms with van der Waals surface area (Å²) in [5, 5.41) is 3.40. The molecule has 0 saturated carbocycles. The summed E-state index contributed by atoms with van der Waals surface area (Å²) >= 11 is 0. The van der Waals surface area contributed by atoms with Crippen molar-refractivity contribution in [3.63, 3.8) is 0 Å². The molecular formula is C15H28N4O2. The topological polar surface area (TPSA) is 51.5 Å². The van der Waals surface area contributed by atoms with E-state index in [-0.39, 0.29) is 6.10 Å². The van der Waals surface area contributed by atoms with Crippen molar-refractivity contribution in [3.8, 4) is 0 Å². The van der Waals surface area contributed by atoms with Gasteiger partial charge in [-0.15, -0.1) is 0 Å². The van der Waals surface area contributed by atoms with Crippen molar-refractivity contribution in [1.82, 2.24) is 14.5 Å². The molecule has 120 valence electrons. The fraction of sp³-hybridized carbons (Fsp3) is 0.800. The summed E-state index contributed by atoms with van der Waals surface area (Å²) in [6.07, 6.45) is 3.31. The van der Waals surface area contributed by atoms with Crippen LogP contribution < -0.4 is 5.32 Å². The average molecular weight is 296 g/mol. The molecule has 1 unspecified atom stereocenters. The van der Waals surface area contributed by atoms with Crippen molar-refractivity contribution in [1.29, 1.82) is 0 Å². The van der Waals surface area contributed by atoms with E-state index in [1.807, 2.05) is 13.8 Å². The first-order chi connectivity index (χ1) is 10.2. The van der Waals surface area contributed by atoms with Crippen LogP contribution in [0, 0.1) is 6.92 Å². The number of hydrogen-bond acceptors (Lipinski definition) is 5. The smallest absolute Gasteiger partial charge is 0.203 e. The van der Waals surface area contributed by atoms with Crippen LogP contribution in [0.4, 0.5) is 5.95 Å². The molecule has 0 radical (unpaired) electrons. The summed E-state index contributed by atoms with van der Waals surface area (Å²) in [6.45, 7) is 10.1. The van der Waals surface area contributed by atoms with Crippen LogP contribution in [0.1, 0.15) is 19.0 Å². The molecule has 0 aromatic carbocycles. The molecule has 2 heterocycles. The first kappa shape index (κ1) is 16.3. The first-order valence-electron chi connectivity index (χ1n) is 7.84. The Bertz CT molecular complexity index is 422. The maximum Gasteiger partial charge on any atom is 0.203 e. The summed E-state index contributed by atoms with van der Waals surface area (Å²) in [5.74, 6) is 0.931. The minimum atomic E-state index is 0.237. The molecule has 1 fully saturated rings. The number of nitrogens with zero attached hydrogens (tertiary/aromatic N) is 3. The van der Waals surface area contributed by atoms with Gasteiger partial charge in [-0.3, -0.25) is 0 Å². The second kappa shape index (κ2) is 8.36. The van der Waals surface area contributed by atoms with Gasteiger partial charge in [0, 0.05) is 39.0 Å². The van der Waals surface area contributed by atoms with Crippen LogP contribution in [0.2, 0.25) is 0 Å². The molecule has 1 saturated heterocycles. The Labute approximate surface area is 127 Å². The predicted octanol–water partition coefficient (Wildman–Crippen LogP) is 1.36. The molecule has 1 atom stereocenters. The highest BCUT2D eigenvalue weighted by molar-refractivity contribution is 5.28. The largest absolute Gasteiger partial charge is 0.382 e. The maximum atomic E-state index is 5.84. The molecule has 0 spiro atoms. The number of aromatic nitrogens is 2. The average Bonchev–Trinajstić information content (AvgIpc) is 2.78. The van der Waals surface area contributed by atoms with Gasteiger partial charge in [-0.25, -0.2) is 4.98 Å². The lowest BCUT2D eigenvalue weighted by molar-refractivity contribution is -0.0272. The zero-order valence-corrected chi connectivity index (χ0v) is 13.5. The molecule has 0 aliphatic carbocycles.